The first-order valence-corrected chi connectivity index (χ1v) is 3.72. The average Bonchev–Trinajstić information content (AvgIpc) is 2.11. The molecule has 0 unspecified atom stereocenters. The Balaban J connectivity index is 4.34. The van der Waals surface area contributed by atoms with Gasteiger partial charge in [-0.25, -0.2) is 0 Å². The van der Waals surface area contributed by atoms with E-state index in [1.54, 1.807) is 0 Å². The minimum atomic E-state index is -1.52. The van der Waals surface area contributed by atoms with Crippen molar-refractivity contribution in [2.24, 2.45) is 0 Å². The van der Waals surface area contributed by atoms with Gasteiger partial charge in [0.05, 0.1) is 12.6 Å². The summed E-state index contributed by atoms with van der Waals surface area (Å²) in [6.45, 7) is 0.532. The molecule has 0 radical (unpaired) electrons. The fraction of sp³-hybridized carbons (Fsp3) is 0.714. The van der Waals surface area contributed by atoms with Gasteiger partial charge in [0.2, 0.25) is 5.91 Å². The second kappa shape index (κ2) is 5.63. The molecule has 0 saturated carbocycles. The lowest BCUT2D eigenvalue weighted by Gasteiger charge is -2.23. The third-order valence-electron chi connectivity index (χ3n) is 1.48. The predicted molar refractivity (Wildman–Crippen MR) is 42.8 cm³/mol. The number of carbonyl (C=O) groups excluding carboxylic acids is 2. The van der Waals surface area contributed by atoms with E-state index in [0.29, 0.717) is 0 Å². The normalized spacial score (nSPS) is 17.2. The van der Waals surface area contributed by atoms with E-state index in [1.807, 2.05) is 0 Å². The molecule has 0 aliphatic rings. The van der Waals surface area contributed by atoms with Crippen LogP contribution >= 0.6 is 0 Å². The van der Waals surface area contributed by atoms with E-state index in [9.17, 15) is 9.59 Å². The largest absolute Gasteiger partial charge is 0.394 e. The zero-order chi connectivity index (χ0) is 10.4. The van der Waals surface area contributed by atoms with Crippen molar-refractivity contribution < 1.29 is 24.9 Å². The highest BCUT2D eigenvalue weighted by atomic mass is 16.3. The molecule has 0 aliphatic carbocycles. The van der Waals surface area contributed by atoms with E-state index in [0.717, 1.165) is 0 Å². The van der Waals surface area contributed by atoms with Crippen LogP contribution in [0.15, 0.2) is 0 Å². The molecule has 0 spiro atoms. The number of hydrogen-bond donors (Lipinski definition) is 4. The van der Waals surface area contributed by atoms with Crippen molar-refractivity contribution in [3.63, 3.8) is 0 Å². The van der Waals surface area contributed by atoms with E-state index < -0.39 is 30.8 Å². The molecule has 3 atom stereocenters. The molecule has 0 aromatic heterocycles. The Bertz CT molecular complexity index is 184. The molecular formula is C7H13NO5. The van der Waals surface area contributed by atoms with Crippen LogP contribution in [0.1, 0.15) is 6.92 Å². The minimum absolute atomic E-state index is 0.180. The van der Waals surface area contributed by atoms with Gasteiger partial charge in [0.15, 0.2) is 6.29 Å². The van der Waals surface area contributed by atoms with Crippen LogP contribution in [0.3, 0.4) is 0 Å². The smallest absolute Gasteiger partial charge is 0.217 e. The molecule has 0 fully saturated rings. The van der Waals surface area contributed by atoms with Gasteiger partial charge in [-0.2, -0.15) is 0 Å². The van der Waals surface area contributed by atoms with Gasteiger partial charge in [-0.05, 0) is 0 Å². The van der Waals surface area contributed by atoms with Crippen molar-refractivity contribution in [2.45, 2.75) is 25.2 Å². The molecule has 0 bridgehead atoms. The van der Waals surface area contributed by atoms with Gasteiger partial charge in [0.1, 0.15) is 12.2 Å². The number of amides is 1. The summed E-state index contributed by atoms with van der Waals surface area (Å²) in [5, 5.41) is 28.8. The van der Waals surface area contributed by atoms with Gasteiger partial charge < -0.3 is 25.4 Å². The standard InChI is InChI=1S/C7H13NO5/c1-4(11)8-7(5(12)2-9)6(13)3-10/h2,5-7,10,12-13H,3H2,1H3,(H,8,11)/t5-,6+,7+/m0/s1. The lowest BCUT2D eigenvalue weighted by Crippen LogP contribution is -2.52. The molecule has 0 saturated heterocycles. The van der Waals surface area contributed by atoms with E-state index in [4.69, 9.17) is 15.3 Å². The van der Waals surface area contributed by atoms with Gasteiger partial charge in [-0.3, -0.25) is 4.79 Å². The SMILES string of the molecule is CC(=O)N[C@@H]([C@H](O)CO)[C@@H](O)C=O. The summed E-state index contributed by atoms with van der Waals surface area (Å²) in [5.74, 6) is -0.501. The van der Waals surface area contributed by atoms with E-state index in [1.165, 1.54) is 6.92 Å². The Morgan fingerprint density at radius 3 is 2.38 bits per heavy atom. The third kappa shape index (κ3) is 3.97. The van der Waals surface area contributed by atoms with Crippen LogP contribution in [-0.4, -0.2) is 52.4 Å². The molecule has 0 aromatic carbocycles. The van der Waals surface area contributed by atoms with E-state index in [-0.39, 0.29) is 6.29 Å². The fourth-order valence-electron chi connectivity index (χ4n) is 0.842. The average molecular weight is 191 g/mol. The maximum absolute atomic E-state index is 10.6. The van der Waals surface area contributed by atoms with E-state index >= 15 is 0 Å². The summed E-state index contributed by atoms with van der Waals surface area (Å²) in [7, 11) is 0. The number of carbonyl (C=O) groups is 2. The molecule has 0 rings (SSSR count). The molecule has 0 aromatic rings. The summed E-state index contributed by atoms with van der Waals surface area (Å²) < 4.78 is 0. The molecule has 6 nitrogen and oxygen atoms in total. The molecule has 4 N–H and O–H groups in total. The number of rotatable bonds is 5. The van der Waals surface area contributed by atoms with Gasteiger partial charge in [-0.1, -0.05) is 0 Å². The lowest BCUT2D eigenvalue weighted by atomic mass is 10.1. The first-order chi connectivity index (χ1) is 6.02. The Labute approximate surface area is 75.2 Å². The first kappa shape index (κ1) is 12.0. The lowest BCUT2D eigenvalue weighted by molar-refractivity contribution is -0.125. The molecule has 0 aliphatic heterocycles. The molecule has 13 heavy (non-hydrogen) atoms. The number of aliphatic hydroxyl groups is 3. The van der Waals surface area contributed by atoms with Gasteiger partial charge in [0.25, 0.3) is 0 Å². The topological polar surface area (TPSA) is 107 Å². The van der Waals surface area contributed by atoms with Crippen molar-refractivity contribution in [3.05, 3.63) is 0 Å². The van der Waals surface area contributed by atoms with Crippen molar-refractivity contribution in [1.82, 2.24) is 5.32 Å². The summed E-state index contributed by atoms with van der Waals surface area (Å²) in [5.41, 5.74) is 0. The van der Waals surface area contributed by atoms with Crippen molar-refractivity contribution >= 4 is 12.2 Å². The van der Waals surface area contributed by atoms with Gasteiger partial charge >= 0.3 is 0 Å². The quantitative estimate of drug-likeness (QED) is 0.357. The number of aliphatic hydroxyl groups excluding tert-OH is 3. The predicted octanol–water partition coefficient (Wildman–Crippen LogP) is -2.60. The molecule has 6 heteroatoms. The second-order valence-corrected chi connectivity index (χ2v) is 2.60. The summed E-state index contributed by atoms with van der Waals surface area (Å²) in [6, 6.07) is -1.17. The monoisotopic (exact) mass is 191 g/mol. The van der Waals surface area contributed by atoms with Crippen LogP contribution in [0.5, 0.6) is 0 Å². The van der Waals surface area contributed by atoms with Gasteiger partial charge in [-0.15, -0.1) is 0 Å². The highest BCUT2D eigenvalue weighted by Crippen LogP contribution is 1.98. The highest BCUT2D eigenvalue weighted by molar-refractivity contribution is 5.74. The number of aldehydes is 1. The van der Waals surface area contributed by atoms with Crippen LogP contribution in [-0.2, 0) is 9.59 Å². The third-order valence-corrected chi connectivity index (χ3v) is 1.48. The summed E-state index contributed by atoms with van der Waals surface area (Å²) in [4.78, 5) is 20.7. The van der Waals surface area contributed by atoms with E-state index in [2.05, 4.69) is 5.32 Å². The van der Waals surface area contributed by atoms with Crippen molar-refractivity contribution in [3.8, 4) is 0 Å². The number of nitrogens with one attached hydrogen (secondary N) is 1. The zero-order valence-electron chi connectivity index (χ0n) is 7.17. The van der Waals surface area contributed by atoms with Crippen LogP contribution in [0.2, 0.25) is 0 Å². The van der Waals surface area contributed by atoms with Crippen molar-refractivity contribution in [1.29, 1.82) is 0 Å². The Kier molecular flexibility index (Phi) is 5.20. The molecular weight excluding hydrogens is 178 g/mol. The second-order valence-electron chi connectivity index (χ2n) is 2.60. The molecule has 0 heterocycles. The van der Waals surface area contributed by atoms with Crippen LogP contribution in [0, 0.1) is 0 Å². The zero-order valence-corrected chi connectivity index (χ0v) is 7.17. The Morgan fingerprint density at radius 1 is 1.54 bits per heavy atom. The minimum Gasteiger partial charge on any atom is -0.394 e. The maximum Gasteiger partial charge on any atom is 0.217 e. The first-order valence-electron chi connectivity index (χ1n) is 3.72. The summed E-state index contributed by atoms with van der Waals surface area (Å²) >= 11 is 0. The molecule has 76 valence electrons. The van der Waals surface area contributed by atoms with Crippen molar-refractivity contribution in [2.75, 3.05) is 6.61 Å². The fourth-order valence-corrected chi connectivity index (χ4v) is 0.842. The highest BCUT2D eigenvalue weighted by Gasteiger charge is 2.26. The van der Waals surface area contributed by atoms with Gasteiger partial charge in [0, 0.05) is 6.92 Å². The van der Waals surface area contributed by atoms with Crippen LogP contribution in [0.25, 0.3) is 0 Å². The Hall–Kier alpha value is -0.980. The summed E-state index contributed by atoms with van der Waals surface area (Å²) in [6.07, 6.45) is -2.70. The maximum atomic E-state index is 10.6. The van der Waals surface area contributed by atoms with Crippen LogP contribution in [0.4, 0.5) is 0 Å². The van der Waals surface area contributed by atoms with Crippen LogP contribution < -0.4 is 5.32 Å². The Morgan fingerprint density at radius 2 is 2.08 bits per heavy atom. The molecule has 1 amide bonds. The number of hydrogen-bond acceptors (Lipinski definition) is 5.